The highest BCUT2D eigenvalue weighted by Crippen LogP contribution is 2.16. The topological polar surface area (TPSA) is 69.6 Å². The highest BCUT2D eigenvalue weighted by atomic mass is 16.3. The quantitative estimate of drug-likeness (QED) is 0.0420. The van der Waals surface area contributed by atoms with Crippen molar-refractivity contribution in [1.82, 2.24) is 5.32 Å². The van der Waals surface area contributed by atoms with Gasteiger partial charge >= 0.3 is 0 Å². The fraction of sp³-hybridized carbons (Fsp3) is 0.667. The molecule has 0 aromatic rings. The van der Waals surface area contributed by atoms with Crippen LogP contribution in [0.1, 0.15) is 277 Å². The zero-order valence-corrected chi connectivity index (χ0v) is 47.9. The summed E-state index contributed by atoms with van der Waals surface area (Å²) < 4.78 is 0. The largest absolute Gasteiger partial charge is 0.394 e. The first kappa shape index (κ1) is 69.5. The maximum absolute atomic E-state index is 12.5. The second kappa shape index (κ2) is 62.8. The van der Waals surface area contributed by atoms with Crippen LogP contribution in [0.2, 0.25) is 0 Å². The molecule has 416 valence electrons. The van der Waals surface area contributed by atoms with Crippen LogP contribution in [0.4, 0.5) is 0 Å². The number of carbonyl (C=O) groups excluding carboxylic acids is 1. The van der Waals surface area contributed by atoms with Crippen LogP contribution in [0.3, 0.4) is 0 Å². The van der Waals surface area contributed by atoms with Gasteiger partial charge in [0, 0.05) is 6.42 Å². The van der Waals surface area contributed by atoms with Crippen molar-refractivity contribution in [2.75, 3.05) is 6.61 Å². The first-order valence-corrected chi connectivity index (χ1v) is 30.9. The summed E-state index contributed by atoms with van der Waals surface area (Å²) in [5.41, 5.74) is 0. The lowest BCUT2D eigenvalue weighted by Crippen LogP contribution is -2.45. The predicted octanol–water partition coefficient (Wildman–Crippen LogP) is 21.0. The Bertz CT molecular complexity index is 1470. The first-order chi connectivity index (χ1) is 36.2. The molecule has 0 fully saturated rings. The van der Waals surface area contributed by atoms with Gasteiger partial charge in [-0.2, -0.15) is 0 Å². The lowest BCUT2D eigenvalue weighted by atomic mass is 10.0. The van der Waals surface area contributed by atoms with Gasteiger partial charge in [0.25, 0.3) is 0 Å². The Balaban J connectivity index is 3.64. The number of rotatable bonds is 55. The van der Waals surface area contributed by atoms with E-state index in [1.807, 2.05) is 6.08 Å². The standard InChI is InChI=1S/C69H117NO3/c1-3-5-7-9-11-13-15-17-19-21-23-25-27-29-31-33-34-35-36-37-39-41-43-45-47-49-51-53-55-57-59-61-63-65-69(73)70-67(66-71)68(72)64-62-60-58-56-54-52-50-48-46-44-42-40-38-32-30-28-26-24-22-20-18-16-14-12-10-8-6-4-2/h5,7,11,13,17,19,23,25,29,31,34-35,37,39,43,45-46,48,54,56,62,64,67-68,71-72H,3-4,6,8-10,12,14-16,18,20-22,24,26-28,30,32-33,36,38,40-42,44,47,49-53,55,57-61,63,65-66H2,1-2H3,(H,70,73)/b7-5-,13-11-,19-17-,25-23-,31-29-,35-34-,39-37-,45-43-,48-46+,56-54+,64-62+. The lowest BCUT2D eigenvalue weighted by molar-refractivity contribution is -0.123. The normalized spacial score (nSPS) is 13.8. The van der Waals surface area contributed by atoms with Crippen molar-refractivity contribution in [2.45, 2.75) is 289 Å². The van der Waals surface area contributed by atoms with Crippen LogP contribution in [0.5, 0.6) is 0 Å². The summed E-state index contributed by atoms with van der Waals surface area (Å²) in [6.07, 6.45) is 97.7. The molecular weight excluding hydrogens is 891 g/mol. The Morgan fingerprint density at radius 3 is 0.959 bits per heavy atom. The van der Waals surface area contributed by atoms with Crippen molar-refractivity contribution in [1.29, 1.82) is 0 Å². The van der Waals surface area contributed by atoms with Gasteiger partial charge in [0.2, 0.25) is 5.91 Å². The Morgan fingerprint density at radius 1 is 0.342 bits per heavy atom. The number of amides is 1. The fourth-order valence-corrected chi connectivity index (χ4v) is 8.70. The fourth-order valence-electron chi connectivity index (χ4n) is 8.70. The highest BCUT2D eigenvalue weighted by Gasteiger charge is 2.18. The molecule has 2 unspecified atom stereocenters. The summed E-state index contributed by atoms with van der Waals surface area (Å²) in [6.45, 7) is 4.19. The van der Waals surface area contributed by atoms with Gasteiger partial charge in [-0.3, -0.25) is 4.79 Å². The van der Waals surface area contributed by atoms with Gasteiger partial charge in [-0.15, -0.1) is 0 Å². The second-order valence-electron chi connectivity index (χ2n) is 20.4. The summed E-state index contributed by atoms with van der Waals surface area (Å²) >= 11 is 0. The minimum Gasteiger partial charge on any atom is -0.394 e. The molecule has 2 atom stereocenters. The summed E-state index contributed by atoms with van der Waals surface area (Å²) in [5.74, 6) is -0.0905. The zero-order chi connectivity index (χ0) is 52.7. The number of nitrogens with one attached hydrogen (secondary N) is 1. The van der Waals surface area contributed by atoms with Crippen LogP contribution in [-0.4, -0.2) is 34.9 Å². The molecular formula is C69H117NO3. The molecule has 1 amide bonds. The van der Waals surface area contributed by atoms with Crippen molar-refractivity contribution < 1.29 is 15.0 Å². The van der Waals surface area contributed by atoms with Gasteiger partial charge in [-0.25, -0.2) is 0 Å². The molecule has 0 bridgehead atoms. The van der Waals surface area contributed by atoms with E-state index in [9.17, 15) is 15.0 Å². The Hall–Kier alpha value is -3.47. The van der Waals surface area contributed by atoms with E-state index >= 15 is 0 Å². The molecule has 0 aromatic heterocycles. The lowest BCUT2D eigenvalue weighted by Gasteiger charge is -2.19. The van der Waals surface area contributed by atoms with Gasteiger partial charge in [-0.1, -0.05) is 295 Å². The van der Waals surface area contributed by atoms with Crippen molar-refractivity contribution in [3.05, 3.63) is 134 Å². The third kappa shape index (κ3) is 59.3. The first-order valence-electron chi connectivity index (χ1n) is 30.9. The van der Waals surface area contributed by atoms with Crippen LogP contribution in [0, 0.1) is 0 Å². The van der Waals surface area contributed by atoms with E-state index in [0.717, 1.165) is 103 Å². The van der Waals surface area contributed by atoms with E-state index < -0.39 is 12.1 Å². The van der Waals surface area contributed by atoms with Crippen LogP contribution >= 0.6 is 0 Å². The smallest absolute Gasteiger partial charge is 0.220 e. The summed E-state index contributed by atoms with van der Waals surface area (Å²) in [6, 6.07) is -0.662. The average molecular weight is 1010 g/mol. The molecule has 3 N–H and O–H groups in total. The molecule has 0 saturated heterocycles. The third-order valence-corrected chi connectivity index (χ3v) is 13.3. The number of allylic oxidation sites excluding steroid dienone is 21. The van der Waals surface area contributed by atoms with Crippen LogP contribution < -0.4 is 5.32 Å². The minimum absolute atomic E-state index is 0.0905. The van der Waals surface area contributed by atoms with E-state index in [1.54, 1.807) is 6.08 Å². The van der Waals surface area contributed by atoms with E-state index in [4.69, 9.17) is 0 Å². The zero-order valence-electron chi connectivity index (χ0n) is 47.9. The summed E-state index contributed by atoms with van der Waals surface area (Å²) in [5, 5.41) is 23.2. The van der Waals surface area contributed by atoms with Gasteiger partial charge in [0.1, 0.15) is 0 Å². The number of aliphatic hydroxyl groups excluding tert-OH is 2. The molecule has 4 nitrogen and oxygen atoms in total. The summed E-state index contributed by atoms with van der Waals surface area (Å²) in [7, 11) is 0. The van der Waals surface area contributed by atoms with Gasteiger partial charge in [0.15, 0.2) is 0 Å². The predicted molar refractivity (Wildman–Crippen MR) is 326 cm³/mol. The number of hydrogen-bond donors (Lipinski definition) is 3. The summed E-state index contributed by atoms with van der Waals surface area (Å²) in [4.78, 5) is 12.5. The second-order valence-corrected chi connectivity index (χ2v) is 20.4. The molecule has 4 heteroatoms. The Kier molecular flexibility index (Phi) is 59.8. The van der Waals surface area contributed by atoms with Gasteiger partial charge < -0.3 is 15.5 Å². The minimum atomic E-state index is -0.885. The number of carbonyl (C=O) groups is 1. The molecule has 0 saturated carbocycles. The Labute approximate surface area is 453 Å². The van der Waals surface area contributed by atoms with E-state index in [1.165, 1.54) is 154 Å². The molecule has 0 spiro atoms. The molecule has 0 aliphatic carbocycles. The number of unbranched alkanes of at least 4 members (excludes halogenated alkanes) is 28. The molecule has 0 aromatic carbocycles. The molecule has 0 radical (unpaired) electrons. The molecule has 73 heavy (non-hydrogen) atoms. The van der Waals surface area contributed by atoms with Crippen LogP contribution in [-0.2, 0) is 4.79 Å². The monoisotopic (exact) mass is 1010 g/mol. The number of aliphatic hydroxyl groups is 2. The maximum atomic E-state index is 12.5. The van der Waals surface area contributed by atoms with Crippen molar-refractivity contribution >= 4 is 5.91 Å². The van der Waals surface area contributed by atoms with Crippen molar-refractivity contribution in [3.8, 4) is 0 Å². The highest BCUT2D eigenvalue weighted by molar-refractivity contribution is 5.76. The van der Waals surface area contributed by atoms with E-state index in [2.05, 4.69) is 141 Å². The Morgan fingerprint density at radius 2 is 0.616 bits per heavy atom. The van der Waals surface area contributed by atoms with Crippen molar-refractivity contribution in [3.63, 3.8) is 0 Å². The third-order valence-electron chi connectivity index (χ3n) is 13.3. The van der Waals surface area contributed by atoms with Crippen molar-refractivity contribution in [2.24, 2.45) is 0 Å². The average Bonchev–Trinajstić information content (AvgIpc) is 3.40. The van der Waals surface area contributed by atoms with Crippen LogP contribution in [0.15, 0.2) is 134 Å². The van der Waals surface area contributed by atoms with E-state index in [0.29, 0.717) is 6.42 Å². The van der Waals surface area contributed by atoms with E-state index in [-0.39, 0.29) is 12.5 Å². The van der Waals surface area contributed by atoms with Gasteiger partial charge in [-0.05, 0) is 109 Å². The molecule has 0 heterocycles. The number of hydrogen-bond acceptors (Lipinski definition) is 3. The maximum Gasteiger partial charge on any atom is 0.220 e. The SMILES string of the molecule is CC/C=C\C/C=C\C/C=C\C/C=C\C/C=C\C/C=C\C/C=C\C/C=C\CCCCCCCCCCC(=O)NC(CO)C(O)/C=C/CC/C=C/CC/C=C/CCCCCCCCCCCCCCCCCCCC. The molecule has 0 aliphatic rings. The molecule has 0 rings (SSSR count). The molecule has 0 aliphatic heterocycles. The van der Waals surface area contributed by atoms with Crippen LogP contribution in [0.25, 0.3) is 0 Å². The van der Waals surface area contributed by atoms with Gasteiger partial charge in [0.05, 0.1) is 18.8 Å².